The number of halogens is 2. The highest BCUT2D eigenvalue weighted by atomic mass is 35.5. The molecule has 0 aliphatic heterocycles. The van der Waals surface area contributed by atoms with Crippen LogP contribution in [-0.2, 0) is 13.1 Å². The van der Waals surface area contributed by atoms with Gasteiger partial charge in [-0.2, -0.15) is 0 Å². The number of hydrogen-bond donors (Lipinski definition) is 1. The number of nitrogens with zero attached hydrogens (tertiary/aromatic N) is 2. The lowest BCUT2D eigenvalue weighted by atomic mass is 10.2. The molecule has 0 aliphatic carbocycles. The molecule has 1 N–H and O–H groups in total. The van der Waals surface area contributed by atoms with Gasteiger partial charge in [0, 0.05) is 29.5 Å². The van der Waals surface area contributed by atoms with Crippen molar-refractivity contribution in [3.63, 3.8) is 0 Å². The first-order valence-corrected chi connectivity index (χ1v) is 6.67. The Bertz CT molecular complexity index is 529. The van der Waals surface area contributed by atoms with Crippen molar-refractivity contribution in [1.29, 1.82) is 0 Å². The van der Waals surface area contributed by atoms with Crippen LogP contribution in [0.1, 0.15) is 5.56 Å². The van der Waals surface area contributed by atoms with Crippen LogP contribution in [0, 0.1) is 0 Å². The normalized spacial score (nSPS) is 10.7. The molecule has 2 rings (SSSR count). The van der Waals surface area contributed by atoms with Crippen molar-refractivity contribution in [1.82, 2.24) is 14.9 Å². The van der Waals surface area contributed by atoms with E-state index >= 15 is 0 Å². The van der Waals surface area contributed by atoms with Gasteiger partial charge >= 0.3 is 0 Å². The maximum atomic E-state index is 6.17. The molecule has 0 unspecified atom stereocenters. The third-order valence-corrected chi connectivity index (χ3v) is 3.11. The van der Waals surface area contributed by atoms with Crippen molar-refractivity contribution in [3.8, 4) is 5.75 Å². The third-order valence-electron chi connectivity index (χ3n) is 2.61. The van der Waals surface area contributed by atoms with E-state index in [9.17, 15) is 0 Å². The summed E-state index contributed by atoms with van der Waals surface area (Å²) < 4.78 is 7.72. The highest BCUT2D eigenvalue weighted by Gasteiger charge is 2.10. The molecule has 1 heterocycles. The van der Waals surface area contributed by atoms with Crippen LogP contribution in [0.3, 0.4) is 0 Å². The Morgan fingerprint density at radius 2 is 2.21 bits per heavy atom. The second kappa shape index (κ2) is 6.80. The summed E-state index contributed by atoms with van der Waals surface area (Å²) in [5, 5.41) is 4.21. The van der Waals surface area contributed by atoms with Crippen molar-refractivity contribution in [2.24, 2.45) is 0 Å². The summed E-state index contributed by atoms with van der Waals surface area (Å²) in [7, 11) is 1.87. The highest BCUT2D eigenvalue weighted by molar-refractivity contribution is 6.35. The fourth-order valence-electron chi connectivity index (χ4n) is 1.77. The van der Waals surface area contributed by atoms with Gasteiger partial charge < -0.3 is 14.6 Å². The Hall–Kier alpha value is -1.23. The third kappa shape index (κ3) is 3.86. The first-order valence-electron chi connectivity index (χ1n) is 5.91. The molecule has 0 spiro atoms. The smallest absolute Gasteiger partial charge is 0.142 e. The lowest BCUT2D eigenvalue weighted by Gasteiger charge is -2.14. The average Bonchev–Trinajstić information content (AvgIpc) is 2.86. The van der Waals surface area contributed by atoms with Gasteiger partial charge in [-0.15, -0.1) is 0 Å². The molecule has 0 saturated carbocycles. The minimum absolute atomic E-state index is 0.522. The van der Waals surface area contributed by atoms with E-state index < -0.39 is 0 Å². The number of aromatic nitrogens is 2. The summed E-state index contributed by atoms with van der Waals surface area (Å²) in [5.74, 6) is 0.681. The molecule has 0 atom stereocenters. The molecule has 2 aromatic rings. The molecule has 0 radical (unpaired) electrons. The maximum absolute atomic E-state index is 6.17. The van der Waals surface area contributed by atoms with Crippen LogP contribution in [-0.4, -0.2) is 23.2 Å². The zero-order chi connectivity index (χ0) is 13.7. The number of imidazole rings is 1. The van der Waals surface area contributed by atoms with Crippen molar-refractivity contribution in [3.05, 3.63) is 46.5 Å². The molecular formula is C13H15Cl2N3O. The van der Waals surface area contributed by atoms with Gasteiger partial charge in [0.25, 0.3) is 0 Å². The van der Waals surface area contributed by atoms with Crippen LogP contribution in [0.15, 0.2) is 30.9 Å². The quantitative estimate of drug-likeness (QED) is 0.891. The van der Waals surface area contributed by atoms with E-state index in [1.807, 2.05) is 23.9 Å². The van der Waals surface area contributed by atoms with Crippen LogP contribution in [0.5, 0.6) is 5.75 Å². The van der Waals surface area contributed by atoms with E-state index in [4.69, 9.17) is 27.9 Å². The van der Waals surface area contributed by atoms with Crippen LogP contribution >= 0.6 is 23.2 Å². The number of benzene rings is 1. The molecule has 0 aliphatic rings. The number of rotatable bonds is 6. The van der Waals surface area contributed by atoms with E-state index in [-0.39, 0.29) is 0 Å². The van der Waals surface area contributed by atoms with Gasteiger partial charge in [-0.3, -0.25) is 0 Å². The zero-order valence-electron chi connectivity index (χ0n) is 10.6. The fourth-order valence-corrected chi connectivity index (χ4v) is 2.36. The predicted molar refractivity (Wildman–Crippen MR) is 76.9 cm³/mol. The first-order chi connectivity index (χ1) is 9.20. The van der Waals surface area contributed by atoms with Crippen LogP contribution in [0.4, 0.5) is 0 Å². The van der Waals surface area contributed by atoms with Crippen molar-refractivity contribution >= 4 is 23.2 Å². The standard InChI is InChI=1S/C13H15Cl2N3O/c1-16-8-10-6-11(14)7-12(15)13(10)19-5-4-18-3-2-17-9-18/h2-3,6-7,9,16H,4-5,8H2,1H3. The monoisotopic (exact) mass is 299 g/mol. The molecule has 4 nitrogen and oxygen atoms in total. The average molecular weight is 300 g/mol. The number of nitrogens with one attached hydrogen (secondary N) is 1. The Balaban J connectivity index is 2.05. The summed E-state index contributed by atoms with van der Waals surface area (Å²) in [6.45, 7) is 1.90. The Kier molecular flexibility index (Phi) is 5.07. The van der Waals surface area contributed by atoms with E-state index in [1.165, 1.54) is 0 Å². The lowest BCUT2D eigenvalue weighted by Crippen LogP contribution is -2.11. The molecule has 1 aromatic heterocycles. The molecule has 1 aromatic carbocycles. The highest BCUT2D eigenvalue weighted by Crippen LogP contribution is 2.32. The summed E-state index contributed by atoms with van der Waals surface area (Å²) in [4.78, 5) is 3.98. The SMILES string of the molecule is CNCc1cc(Cl)cc(Cl)c1OCCn1ccnc1. The topological polar surface area (TPSA) is 39.1 Å². The van der Waals surface area contributed by atoms with Gasteiger partial charge in [0.15, 0.2) is 0 Å². The summed E-state index contributed by atoms with van der Waals surface area (Å²) in [5.41, 5.74) is 0.950. The van der Waals surface area contributed by atoms with Crippen LogP contribution in [0.2, 0.25) is 10.0 Å². The van der Waals surface area contributed by atoms with Gasteiger partial charge in [0.05, 0.1) is 17.9 Å². The molecule has 102 valence electrons. The predicted octanol–water partition coefficient (Wildman–Crippen LogP) is 2.99. The minimum Gasteiger partial charge on any atom is -0.490 e. The summed E-state index contributed by atoms with van der Waals surface area (Å²) in [6.07, 6.45) is 5.38. The van der Waals surface area contributed by atoms with Gasteiger partial charge in [0.2, 0.25) is 0 Å². The van der Waals surface area contributed by atoms with E-state index in [1.54, 1.807) is 18.6 Å². The van der Waals surface area contributed by atoms with E-state index in [0.717, 1.165) is 12.1 Å². The van der Waals surface area contributed by atoms with Gasteiger partial charge in [0.1, 0.15) is 12.4 Å². The minimum atomic E-state index is 0.522. The Labute approximate surface area is 122 Å². The molecule has 0 amide bonds. The van der Waals surface area contributed by atoms with Crippen molar-refractivity contribution in [2.75, 3.05) is 13.7 Å². The second-order valence-corrected chi connectivity index (χ2v) is 4.90. The number of ether oxygens (including phenoxy) is 1. The first kappa shape index (κ1) is 14.2. The molecular weight excluding hydrogens is 285 g/mol. The second-order valence-electron chi connectivity index (χ2n) is 4.06. The maximum Gasteiger partial charge on any atom is 0.142 e. The summed E-state index contributed by atoms with van der Waals surface area (Å²) >= 11 is 12.2. The lowest BCUT2D eigenvalue weighted by molar-refractivity contribution is 0.295. The van der Waals surface area contributed by atoms with E-state index in [2.05, 4.69) is 10.3 Å². The molecule has 0 fully saturated rings. The van der Waals surface area contributed by atoms with Crippen LogP contribution < -0.4 is 10.1 Å². The molecule has 6 heteroatoms. The number of hydrogen-bond acceptors (Lipinski definition) is 3. The van der Waals surface area contributed by atoms with Gasteiger partial charge in [-0.1, -0.05) is 23.2 Å². The molecule has 0 saturated heterocycles. The molecule has 0 bridgehead atoms. The van der Waals surface area contributed by atoms with Crippen molar-refractivity contribution < 1.29 is 4.74 Å². The molecule has 19 heavy (non-hydrogen) atoms. The van der Waals surface area contributed by atoms with Gasteiger partial charge in [-0.05, 0) is 19.2 Å². The fraction of sp³-hybridized carbons (Fsp3) is 0.308. The van der Waals surface area contributed by atoms with E-state index in [0.29, 0.717) is 28.9 Å². The largest absolute Gasteiger partial charge is 0.490 e. The van der Waals surface area contributed by atoms with Crippen molar-refractivity contribution in [2.45, 2.75) is 13.1 Å². The summed E-state index contributed by atoms with van der Waals surface area (Å²) in [6, 6.07) is 3.55. The zero-order valence-corrected chi connectivity index (χ0v) is 12.1. The van der Waals surface area contributed by atoms with Gasteiger partial charge in [-0.25, -0.2) is 4.98 Å². The Morgan fingerprint density at radius 3 is 2.89 bits per heavy atom. The Morgan fingerprint density at radius 1 is 1.37 bits per heavy atom. The van der Waals surface area contributed by atoms with Crippen LogP contribution in [0.25, 0.3) is 0 Å².